The van der Waals surface area contributed by atoms with E-state index in [1.54, 1.807) is 0 Å². The fourth-order valence-corrected chi connectivity index (χ4v) is 2.28. The first-order valence-corrected chi connectivity index (χ1v) is 6.63. The van der Waals surface area contributed by atoms with Gasteiger partial charge in [-0.1, -0.05) is 18.2 Å². The van der Waals surface area contributed by atoms with E-state index in [9.17, 15) is 13.9 Å². The minimum atomic E-state index is -0.654. The average Bonchev–Trinajstić information content (AvgIpc) is 2.32. The third kappa shape index (κ3) is 3.87. The van der Waals surface area contributed by atoms with Crippen LogP contribution in [0.15, 0.2) is 36.4 Å². The van der Waals surface area contributed by atoms with E-state index >= 15 is 0 Å². The Morgan fingerprint density at radius 2 is 1.45 bits per heavy atom. The summed E-state index contributed by atoms with van der Waals surface area (Å²) in [6.45, 7) is 4.05. The molecular formula is C17H18F2O. The molecule has 0 saturated heterocycles. The Bertz CT molecular complexity index is 588. The van der Waals surface area contributed by atoms with Crippen molar-refractivity contribution < 1.29 is 13.9 Å². The Kier molecular flexibility index (Phi) is 4.50. The molecule has 0 spiro atoms. The summed E-state index contributed by atoms with van der Waals surface area (Å²) < 4.78 is 26.2. The van der Waals surface area contributed by atoms with Gasteiger partial charge in [-0.3, -0.25) is 0 Å². The second-order valence-corrected chi connectivity index (χ2v) is 5.26. The standard InChI is InChI=1S/C17H18F2O/c1-11-3-4-13(5-12(11)2)8-17(20)9-14-6-15(18)10-16(19)7-14/h3-7,10,17,20H,8-9H2,1-2H3. The molecule has 1 N–H and O–H groups in total. The normalized spacial score (nSPS) is 12.4. The maximum absolute atomic E-state index is 13.1. The van der Waals surface area contributed by atoms with Gasteiger partial charge in [0.2, 0.25) is 0 Å². The maximum Gasteiger partial charge on any atom is 0.126 e. The summed E-state index contributed by atoms with van der Waals surface area (Å²) in [6.07, 6.45) is 0.0548. The molecule has 0 fully saturated rings. The molecule has 20 heavy (non-hydrogen) atoms. The Morgan fingerprint density at radius 1 is 0.850 bits per heavy atom. The lowest BCUT2D eigenvalue weighted by Crippen LogP contribution is -2.14. The van der Waals surface area contributed by atoms with Crippen molar-refractivity contribution in [2.24, 2.45) is 0 Å². The molecule has 1 unspecified atom stereocenters. The molecule has 0 amide bonds. The molecule has 106 valence electrons. The summed E-state index contributed by atoms with van der Waals surface area (Å²) in [5, 5.41) is 10.1. The molecule has 0 radical (unpaired) electrons. The summed E-state index contributed by atoms with van der Waals surface area (Å²) >= 11 is 0. The Hall–Kier alpha value is -1.74. The van der Waals surface area contributed by atoms with Gasteiger partial charge in [-0.05, 0) is 61.1 Å². The number of aryl methyl sites for hydroxylation is 2. The second-order valence-electron chi connectivity index (χ2n) is 5.26. The topological polar surface area (TPSA) is 20.2 Å². The largest absolute Gasteiger partial charge is 0.392 e. The van der Waals surface area contributed by atoms with E-state index in [-0.39, 0.29) is 6.42 Å². The van der Waals surface area contributed by atoms with E-state index in [1.807, 2.05) is 32.0 Å². The molecule has 2 aromatic rings. The quantitative estimate of drug-likeness (QED) is 0.902. The van der Waals surface area contributed by atoms with Crippen molar-refractivity contribution in [2.45, 2.75) is 32.8 Å². The van der Waals surface area contributed by atoms with Gasteiger partial charge < -0.3 is 5.11 Å². The lowest BCUT2D eigenvalue weighted by Gasteiger charge is -2.12. The van der Waals surface area contributed by atoms with Crippen molar-refractivity contribution in [1.29, 1.82) is 0 Å². The maximum atomic E-state index is 13.1. The molecule has 2 rings (SSSR count). The van der Waals surface area contributed by atoms with E-state index in [0.717, 1.165) is 11.6 Å². The third-order valence-corrected chi connectivity index (χ3v) is 3.44. The number of aliphatic hydroxyl groups is 1. The lowest BCUT2D eigenvalue weighted by molar-refractivity contribution is 0.175. The number of hydrogen-bond acceptors (Lipinski definition) is 1. The highest BCUT2D eigenvalue weighted by atomic mass is 19.1. The van der Waals surface area contributed by atoms with Crippen molar-refractivity contribution in [3.8, 4) is 0 Å². The van der Waals surface area contributed by atoms with Gasteiger partial charge in [0, 0.05) is 6.07 Å². The molecule has 1 atom stereocenters. The molecule has 0 aliphatic rings. The zero-order valence-corrected chi connectivity index (χ0v) is 11.7. The predicted molar refractivity (Wildman–Crippen MR) is 75.7 cm³/mol. The van der Waals surface area contributed by atoms with Crippen molar-refractivity contribution >= 4 is 0 Å². The minimum Gasteiger partial charge on any atom is -0.392 e. The van der Waals surface area contributed by atoms with Gasteiger partial charge in [0.05, 0.1) is 6.10 Å². The fraction of sp³-hybridized carbons (Fsp3) is 0.294. The molecular weight excluding hydrogens is 258 g/mol. The van der Waals surface area contributed by atoms with Crippen molar-refractivity contribution in [3.05, 3.63) is 70.3 Å². The smallest absolute Gasteiger partial charge is 0.126 e. The first-order chi connectivity index (χ1) is 9.44. The third-order valence-electron chi connectivity index (χ3n) is 3.44. The molecule has 1 nitrogen and oxygen atoms in total. The first-order valence-electron chi connectivity index (χ1n) is 6.63. The molecule has 0 aliphatic carbocycles. The molecule has 3 heteroatoms. The van der Waals surface area contributed by atoms with Crippen LogP contribution < -0.4 is 0 Å². The van der Waals surface area contributed by atoms with Crippen LogP contribution in [0.3, 0.4) is 0 Å². The lowest BCUT2D eigenvalue weighted by atomic mass is 9.98. The highest BCUT2D eigenvalue weighted by molar-refractivity contribution is 5.30. The molecule has 0 bridgehead atoms. The summed E-state index contributed by atoms with van der Waals surface area (Å²) in [4.78, 5) is 0. The minimum absolute atomic E-state index is 0.238. The van der Waals surface area contributed by atoms with Gasteiger partial charge in [0.25, 0.3) is 0 Å². The molecule has 2 aromatic carbocycles. The van der Waals surface area contributed by atoms with E-state index in [0.29, 0.717) is 12.0 Å². The predicted octanol–water partition coefficient (Wildman–Crippen LogP) is 3.73. The number of rotatable bonds is 4. The van der Waals surface area contributed by atoms with Crippen LogP contribution in [0, 0.1) is 25.5 Å². The van der Waals surface area contributed by atoms with E-state index < -0.39 is 17.7 Å². The fourth-order valence-electron chi connectivity index (χ4n) is 2.28. The van der Waals surface area contributed by atoms with Crippen LogP contribution in [-0.2, 0) is 12.8 Å². The second kappa shape index (κ2) is 6.14. The highest BCUT2D eigenvalue weighted by Gasteiger charge is 2.09. The van der Waals surface area contributed by atoms with Crippen LogP contribution in [0.25, 0.3) is 0 Å². The highest BCUT2D eigenvalue weighted by Crippen LogP contribution is 2.15. The Balaban J connectivity index is 2.04. The van der Waals surface area contributed by atoms with Crippen molar-refractivity contribution in [1.82, 2.24) is 0 Å². The van der Waals surface area contributed by atoms with Crippen molar-refractivity contribution in [2.75, 3.05) is 0 Å². The van der Waals surface area contributed by atoms with Gasteiger partial charge in [0.15, 0.2) is 0 Å². The number of halogens is 2. The van der Waals surface area contributed by atoms with E-state index in [1.165, 1.54) is 23.3 Å². The number of aliphatic hydroxyl groups excluding tert-OH is 1. The average molecular weight is 276 g/mol. The summed E-state index contributed by atoms with van der Waals surface area (Å²) in [5.41, 5.74) is 3.87. The summed E-state index contributed by atoms with van der Waals surface area (Å²) in [5.74, 6) is -1.23. The van der Waals surface area contributed by atoms with Crippen LogP contribution in [-0.4, -0.2) is 11.2 Å². The summed E-state index contributed by atoms with van der Waals surface area (Å²) in [7, 11) is 0. The van der Waals surface area contributed by atoms with Crippen LogP contribution in [0.2, 0.25) is 0 Å². The monoisotopic (exact) mass is 276 g/mol. The Morgan fingerprint density at radius 3 is 2.05 bits per heavy atom. The number of hydrogen-bond donors (Lipinski definition) is 1. The first kappa shape index (κ1) is 14.7. The zero-order chi connectivity index (χ0) is 14.7. The van der Waals surface area contributed by atoms with Crippen molar-refractivity contribution in [3.63, 3.8) is 0 Å². The van der Waals surface area contributed by atoms with Gasteiger partial charge >= 0.3 is 0 Å². The molecule has 0 aromatic heterocycles. The van der Waals surface area contributed by atoms with Crippen LogP contribution >= 0.6 is 0 Å². The molecule has 0 aliphatic heterocycles. The van der Waals surface area contributed by atoms with Crippen LogP contribution in [0.1, 0.15) is 22.3 Å². The van der Waals surface area contributed by atoms with Crippen LogP contribution in [0.4, 0.5) is 8.78 Å². The zero-order valence-electron chi connectivity index (χ0n) is 11.7. The summed E-state index contributed by atoms with van der Waals surface area (Å²) in [6, 6.07) is 9.36. The van der Waals surface area contributed by atoms with E-state index in [2.05, 4.69) is 0 Å². The molecule has 0 heterocycles. The van der Waals surface area contributed by atoms with Gasteiger partial charge in [-0.2, -0.15) is 0 Å². The van der Waals surface area contributed by atoms with Gasteiger partial charge in [-0.25, -0.2) is 8.78 Å². The van der Waals surface area contributed by atoms with E-state index in [4.69, 9.17) is 0 Å². The SMILES string of the molecule is Cc1ccc(CC(O)Cc2cc(F)cc(F)c2)cc1C. The molecule has 0 saturated carbocycles. The van der Waals surface area contributed by atoms with Gasteiger partial charge in [-0.15, -0.1) is 0 Å². The number of benzene rings is 2. The van der Waals surface area contributed by atoms with Gasteiger partial charge in [0.1, 0.15) is 11.6 Å². The Labute approximate surface area is 117 Å². The van der Waals surface area contributed by atoms with Crippen LogP contribution in [0.5, 0.6) is 0 Å².